The van der Waals surface area contributed by atoms with Gasteiger partial charge in [0.1, 0.15) is 12.1 Å². The first-order chi connectivity index (χ1) is 13.6. The summed E-state index contributed by atoms with van der Waals surface area (Å²) in [5, 5.41) is 0. The van der Waals surface area contributed by atoms with E-state index in [9.17, 15) is 4.79 Å². The summed E-state index contributed by atoms with van der Waals surface area (Å²) in [7, 11) is 0. The fourth-order valence-corrected chi connectivity index (χ4v) is 4.55. The molecule has 2 aliphatic rings. The maximum atomic E-state index is 13.0. The van der Waals surface area contributed by atoms with Crippen molar-refractivity contribution in [3.8, 4) is 0 Å². The second kappa shape index (κ2) is 6.62. The normalized spacial score (nSPS) is 21.7. The summed E-state index contributed by atoms with van der Waals surface area (Å²) in [6.45, 7) is 7.88. The molecule has 2 saturated heterocycles. The van der Waals surface area contributed by atoms with Crippen molar-refractivity contribution in [3.05, 3.63) is 60.3 Å². The minimum Gasteiger partial charge on any atom is -0.356 e. The zero-order valence-electron chi connectivity index (χ0n) is 16.3. The van der Waals surface area contributed by atoms with Gasteiger partial charge in [-0.1, -0.05) is 19.9 Å². The molecule has 6 nitrogen and oxygen atoms in total. The van der Waals surface area contributed by atoms with Gasteiger partial charge in [0.15, 0.2) is 0 Å². The molecule has 144 valence electrons. The van der Waals surface area contributed by atoms with Gasteiger partial charge in [-0.3, -0.25) is 4.79 Å². The van der Waals surface area contributed by atoms with E-state index < -0.39 is 0 Å². The second-order valence-electron chi connectivity index (χ2n) is 8.35. The molecule has 28 heavy (non-hydrogen) atoms. The van der Waals surface area contributed by atoms with Crippen LogP contribution in [0.15, 0.2) is 49.1 Å². The molecule has 0 bridgehead atoms. The predicted molar refractivity (Wildman–Crippen MR) is 109 cm³/mol. The van der Waals surface area contributed by atoms with E-state index in [0.29, 0.717) is 17.8 Å². The number of likely N-dealkylation sites (tertiary alicyclic amines) is 1. The van der Waals surface area contributed by atoms with Crippen LogP contribution in [0, 0.1) is 11.8 Å². The fourth-order valence-electron chi connectivity index (χ4n) is 4.55. The Labute approximate surface area is 164 Å². The van der Waals surface area contributed by atoms with Crippen LogP contribution in [0.25, 0.3) is 5.52 Å². The number of fused-ring (bicyclic) bond motifs is 2. The van der Waals surface area contributed by atoms with Gasteiger partial charge >= 0.3 is 0 Å². The van der Waals surface area contributed by atoms with Crippen molar-refractivity contribution >= 4 is 17.2 Å². The van der Waals surface area contributed by atoms with Crippen LogP contribution in [-0.2, 0) is 0 Å². The molecular weight excluding hydrogens is 350 g/mol. The van der Waals surface area contributed by atoms with Gasteiger partial charge in [0.05, 0.1) is 5.56 Å². The monoisotopic (exact) mass is 375 g/mol. The molecule has 0 saturated carbocycles. The van der Waals surface area contributed by atoms with Crippen molar-refractivity contribution in [2.75, 3.05) is 31.1 Å². The smallest absolute Gasteiger partial charge is 0.255 e. The van der Waals surface area contributed by atoms with E-state index in [2.05, 4.69) is 34.8 Å². The Kier molecular flexibility index (Phi) is 4.07. The molecule has 0 spiro atoms. The lowest BCUT2D eigenvalue weighted by molar-refractivity contribution is 0.0782. The van der Waals surface area contributed by atoms with E-state index in [0.717, 1.165) is 48.8 Å². The SMILES string of the molecule is CC(C)c1cc(N2CC3CN(C(=O)c4cc5ccccn5c4)CC3C2)ncn1. The molecule has 3 aromatic rings. The Morgan fingerprint density at radius 2 is 1.86 bits per heavy atom. The van der Waals surface area contributed by atoms with Crippen molar-refractivity contribution in [3.63, 3.8) is 0 Å². The zero-order chi connectivity index (χ0) is 19.3. The highest BCUT2D eigenvalue weighted by Gasteiger charge is 2.42. The third kappa shape index (κ3) is 2.93. The van der Waals surface area contributed by atoms with Gasteiger partial charge < -0.3 is 14.2 Å². The lowest BCUT2D eigenvalue weighted by Gasteiger charge is -2.22. The van der Waals surface area contributed by atoms with Crippen molar-refractivity contribution < 1.29 is 4.79 Å². The summed E-state index contributed by atoms with van der Waals surface area (Å²) in [4.78, 5) is 26.2. The minimum atomic E-state index is 0.147. The van der Waals surface area contributed by atoms with Crippen LogP contribution in [0.2, 0.25) is 0 Å². The van der Waals surface area contributed by atoms with Crippen LogP contribution < -0.4 is 4.90 Å². The minimum absolute atomic E-state index is 0.147. The quantitative estimate of drug-likeness (QED) is 0.706. The second-order valence-corrected chi connectivity index (χ2v) is 8.35. The average Bonchev–Trinajstić information content (AvgIpc) is 3.40. The molecule has 0 radical (unpaired) electrons. The molecule has 0 aromatic carbocycles. The summed E-state index contributed by atoms with van der Waals surface area (Å²) in [5.41, 5.74) is 2.92. The predicted octanol–water partition coefficient (Wildman–Crippen LogP) is 3.06. The van der Waals surface area contributed by atoms with E-state index in [-0.39, 0.29) is 5.91 Å². The molecule has 5 rings (SSSR count). The van der Waals surface area contributed by atoms with E-state index in [1.807, 2.05) is 46.0 Å². The van der Waals surface area contributed by atoms with Crippen LogP contribution in [-0.4, -0.2) is 51.4 Å². The van der Waals surface area contributed by atoms with Crippen LogP contribution in [0.3, 0.4) is 0 Å². The van der Waals surface area contributed by atoms with E-state index in [4.69, 9.17) is 0 Å². The molecule has 2 unspecified atom stereocenters. The Balaban J connectivity index is 1.28. The molecule has 6 heteroatoms. The lowest BCUT2D eigenvalue weighted by atomic mass is 10.0. The molecule has 0 aliphatic carbocycles. The van der Waals surface area contributed by atoms with Gasteiger partial charge in [0.2, 0.25) is 0 Å². The van der Waals surface area contributed by atoms with Crippen molar-refractivity contribution in [2.24, 2.45) is 11.8 Å². The molecule has 2 aliphatic heterocycles. The number of amides is 1. The fraction of sp³-hybridized carbons (Fsp3) is 0.409. The Hall–Kier alpha value is -2.89. The first kappa shape index (κ1) is 17.2. The summed E-state index contributed by atoms with van der Waals surface area (Å²) in [6, 6.07) is 10.1. The standard InChI is InChI=1S/C22H25N5O/c1-15(2)20-8-21(24-14-23-20)26-10-17-12-27(13-18(17)11-26)22(28)16-7-19-5-3-4-6-25(19)9-16/h3-9,14-15,17-18H,10-13H2,1-2H3. The Morgan fingerprint density at radius 3 is 2.57 bits per heavy atom. The molecule has 1 amide bonds. The number of carbonyl (C=O) groups excluding carboxylic acids is 1. The Bertz CT molecular complexity index is 979. The van der Waals surface area contributed by atoms with E-state index >= 15 is 0 Å². The highest BCUT2D eigenvalue weighted by Crippen LogP contribution is 2.34. The third-order valence-corrected chi connectivity index (χ3v) is 6.11. The van der Waals surface area contributed by atoms with Crippen LogP contribution >= 0.6 is 0 Å². The van der Waals surface area contributed by atoms with Gasteiger partial charge in [-0.05, 0) is 24.1 Å². The van der Waals surface area contributed by atoms with Crippen LogP contribution in [0.5, 0.6) is 0 Å². The van der Waals surface area contributed by atoms with E-state index in [1.165, 1.54) is 0 Å². The summed E-state index contributed by atoms with van der Waals surface area (Å²) < 4.78 is 2.01. The Morgan fingerprint density at radius 1 is 1.07 bits per heavy atom. The number of nitrogens with zero attached hydrogens (tertiary/aromatic N) is 5. The first-order valence-corrected chi connectivity index (χ1v) is 10.0. The van der Waals surface area contributed by atoms with E-state index in [1.54, 1.807) is 6.33 Å². The molecular formula is C22H25N5O. The highest BCUT2D eigenvalue weighted by molar-refractivity contribution is 5.95. The molecule has 2 atom stereocenters. The maximum Gasteiger partial charge on any atom is 0.255 e. The van der Waals surface area contributed by atoms with Crippen molar-refractivity contribution in [2.45, 2.75) is 19.8 Å². The maximum absolute atomic E-state index is 13.0. The summed E-state index contributed by atoms with van der Waals surface area (Å²) >= 11 is 0. The van der Waals surface area contributed by atoms with Gasteiger partial charge in [0, 0.05) is 67.7 Å². The number of carbonyl (C=O) groups is 1. The largest absolute Gasteiger partial charge is 0.356 e. The summed E-state index contributed by atoms with van der Waals surface area (Å²) in [6.07, 6.45) is 5.59. The first-order valence-electron chi connectivity index (χ1n) is 10.0. The molecule has 5 heterocycles. The zero-order valence-corrected chi connectivity index (χ0v) is 16.3. The molecule has 2 fully saturated rings. The van der Waals surface area contributed by atoms with Crippen molar-refractivity contribution in [1.82, 2.24) is 19.3 Å². The van der Waals surface area contributed by atoms with Gasteiger partial charge in [0.25, 0.3) is 5.91 Å². The van der Waals surface area contributed by atoms with Crippen LogP contribution in [0.1, 0.15) is 35.8 Å². The third-order valence-electron chi connectivity index (χ3n) is 6.11. The lowest BCUT2D eigenvalue weighted by Crippen LogP contribution is -2.33. The van der Waals surface area contributed by atoms with Crippen LogP contribution in [0.4, 0.5) is 5.82 Å². The number of hydrogen-bond donors (Lipinski definition) is 0. The van der Waals surface area contributed by atoms with Crippen molar-refractivity contribution in [1.29, 1.82) is 0 Å². The molecule has 3 aromatic heterocycles. The average molecular weight is 375 g/mol. The summed E-state index contributed by atoms with van der Waals surface area (Å²) in [5.74, 6) is 2.59. The number of aromatic nitrogens is 3. The highest BCUT2D eigenvalue weighted by atomic mass is 16.2. The number of anilines is 1. The molecule has 0 N–H and O–H groups in total. The van der Waals surface area contributed by atoms with Gasteiger partial charge in [-0.15, -0.1) is 0 Å². The number of rotatable bonds is 3. The van der Waals surface area contributed by atoms with Gasteiger partial charge in [-0.2, -0.15) is 0 Å². The number of hydrogen-bond acceptors (Lipinski definition) is 4. The van der Waals surface area contributed by atoms with Gasteiger partial charge in [-0.25, -0.2) is 9.97 Å². The number of pyridine rings is 1. The topological polar surface area (TPSA) is 53.7 Å².